The Hall–Kier alpha value is -3.07. The van der Waals surface area contributed by atoms with Crippen molar-refractivity contribution in [2.45, 2.75) is 38.3 Å². The number of pyridine rings is 1. The number of nitrogens with one attached hydrogen (secondary N) is 1. The molecule has 0 saturated carbocycles. The summed E-state index contributed by atoms with van der Waals surface area (Å²) < 4.78 is 33.5. The van der Waals surface area contributed by atoms with Gasteiger partial charge < -0.3 is 9.64 Å². The van der Waals surface area contributed by atoms with E-state index in [0.717, 1.165) is 33.5 Å². The lowest BCUT2D eigenvalue weighted by atomic mass is 9.94. The summed E-state index contributed by atoms with van der Waals surface area (Å²) in [4.78, 5) is 19.5. The standard InChI is InChI=1S/C26H29N3O4S/c1-19-24(16-28-34(31,32)18-20-9-5-3-6-10-20)23-13-14-29(17-22(23)15-27-19)26(30)25(33-2)21-11-7-4-8-12-21/h3-12,15,25,28H,13-14,16-18H2,1-2H3/t25-/m1/s1. The molecule has 34 heavy (non-hydrogen) atoms. The summed E-state index contributed by atoms with van der Waals surface area (Å²) in [5, 5.41) is 0. The lowest BCUT2D eigenvalue weighted by molar-refractivity contribution is -0.143. The summed E-state index contributed by atoms with van der Waals surface area (Å²) in [7, 11) is -1.96. The molecule has 0 radical (unpaired) electrons. The molecule has 0 unspecified atom stereocenters. The van der Waals surface area contributed by atoms with E-state index in [0.29, 0.717) is 19.5 Å². The van der Waals surface area contributed by atoms with Gasteiger partial charge in [-0.05, 0) is 41.2 Å². The predicted octanol–water partition coefficient (Wildman–Crippen LogP) is 3.28. The number of hydrogen-bond acceptors (Lipinski definition) is 5. The number of carbonyl (C=O) groups is 1. The Morgan fingerprint density at radius 2 is 1.79 bits per heavy atom. The van der Waals surface area contributed by atoms with Gasteiger partial charge in [-0.2, -0.15) is 0 Å². The van der Waals surface area contributed by atoms with E-state index in [9.17, 15) is 13.2 Å². The molecule has 1 aromatic heterocycles. The molecular formula is C26H29N3O4S. The zero-order valence-corrected chi connectivity index (χ0v) is 20.2. The first-order chi connectivity index (χ1) is 16.4. The topological polar surface area (TPSA) is 88.6 Å². The Bertz CT molecular complexity index is 1250. The molecule has 1 amide bonds. The van der Waals surface area contributed by atoms with Crippen LogP contribution in [0, 0.1) is 6.92 Å². The number of sulfonamides is 1. The molecule has 1 aliphatic heterocycles. The van der Waals surface area contributed by atoms with Crippen molar-refractivity contribution in [1.82, 2.24) is 14.6 Å². The average Bonchev–Trinajstić information content (AvgIpc) is 2.84. The number of amides is 1. The van der Waals surface area contributed by atoms with Crippen molar-refractivity contribution >= 4 is 15.9 Å². The maximum atomic E-state index is 13.2. The largest absolute Gasteiger partial charge is 0.367 e. The van der Waals surface area contributed by atoms with Crippen LogP contribution in [0.2, 0.25) is 0 Å². The summed E-state index contributed by atoms with van der Waals surface area (Å²) in [6, 6.07) is 18.5. The number of nitrogens with zero attached hydrogens (tertiary/aromatic N) is 2. The van der Waals surface area contributed by atoms with E-state index in [1.807, 2.05) is 55.5 Å². The normalized spacial score (nSPS) is 14.5. The lowest BCUT2D eigenvalue weighted by Crippen LogP contribution is -2.40. The smallest absolute Gasteiger partial charge is 0.256 e. The Labute approximate surface area is 200 Å². The molecule has 0 bridgehead atoms. The molecule has 0 spiro atoms. The van der Waals surface area contributed by atoms with Crippen LogP contribution in [-0.4, -0.2) is 37.9 Å². The van der Waals surface area contributed by atoms with Crippen LogP contribution >= 0.6 is 0 Å². The summed E-state index contributed by atoms with van der Waals surface area (Å²) in [5.41, 5.74) is 5.22. The SMILES string of the molecule is CO[C@@H](C(=O)N1CCc2c(cnc(C)c2CNS(=O)(=O)Cc2ccccc2)C1)c1ccccc1. The summed E-state index contributed by atoms with van der Waals surface area (Å²) in [6.07, 6.45) is 1.76. The minimum absolute atomic E-state index is 0.0739. The molecule has 1 atom stereocenters. The van der Waals surface area contributed by atoms with Crippen molar-refractivity contribution < 1.29 is 17.9 Å². The van der Waals surface area contributed by atoms with Crippen LogP contribution in [0.25, 0.3) is 0 Å². The third-order valence-corrected chi connectivity index (χ3v) is 7.44. The van der Waals surface area contributed by atoms with Crippen LogP contribution in [0.1, 0.15) is 39.6 Å². The summed E-state index contributed by atoms with van der Waals surface area (Å²) >= 11 is 0. The Morgan fingerprint density at radius 3 is 2.47 bits per heavy atom. The van der Waals surface area contributed by atoms with Gasteiger partial charge in [-0.15, -0.1) is 0 Å². The molecular weight excluding hydrogens is 450 g/mol. The molecule has 0 fully saturated rings. The van der Waals surface area contributed by atoms with Crippen LogP contribution in [0.4, 0.5) is 0 Å². The van der Waals surface area contributed by atoms with Gasteiger partial charge in [0, 0.05) is 38.6 Å². The highest BCUT2D eigenvalue weighted by Crippen LogP contribution is 2.27. The van der Waals surface area contributed by atoms with E-state index in [2.05, 4.69) is 9.71 Å². The first-order valence-corrected chi connectivity index (χ1v) is 12.9. The number of aromatic nitrogens is 1. The molecule has 0 saturated heterocycles. The Balaban J connectivity index is 1.48. The van der Waals surface area contributed by atoms with Crippen LogP contribution in [0.15, 0.2) is 66.9 Å². The second-order valence-electron chi connectivity index (χ2n) is 8.43. The van der Waals surface area contributed by atoms with Gasteiger partial charge >= 0.3 is 0 Å². The van der Waals surface area contributed by atoms with E-state index < -0.39 is 16.1 Å². The number of aryl methyl sites for hydroxylation is 1. The van der Waals surface area contributed by atoms with Crippen LogP contribution in [0.3, 0.4) is 0 Å². The van der Waals surface area contributed by atoms with E-state index in [4.69, 9.17) is 4.74 Å². The number of methoxy groups -OCH3 is 1. The minimum Gasteiger partial charge on any atom is -0.367 e. The van der Waals surface area contributed by atoms with Crippen molar-refractivity contribution in [3.63, 3.8) is 0 Å². The highest BCUT2D eigenvalue weighted by Gasteiger charge is 2.30. The van der Waals surface area contributed by atoms with Crippen LogP contribution in [0.5, 0.6) is 0 Å². The first-order valence-electron chi connectivity index (χ1n) is 11.2. The molecule has 0 aliphatic carbocycles. The molecule has 3 aromatic rings. The molecule has 4 rings (SSSR count). The van der Waals surface area contributed by atoms with E-state index >= 15 is 0 Å². The lowest BCUT2D eigenvalue weighted by Gasteiger charge is -2.32. The fourth-order valence-electron chi connectivity index (χ4n) is 4.34. The molecule has 1 N–H and O–H groups in total. The minimum atomic E-state index is -3.50. The van der Waals surface area contributed by atoms with Gasteiger partial charge in [0.25, 0.3) is 5.91 Å². The monoisotopic (exact) mass is 479 g/mol. The highest BCUT2D eigenvalue weighted by atomic mass is 32.2. The van der Waals surface area contributed by atoms with Crippen LogP contribution in [-0.2, 0) is 44.8 Å². The van der Waals surface area contributed by atoms with Crippen LogP contribution < -0.4 is 4.72 Å². The van der Waals surface area contributed by atoms with Crippen molar-refractivity contribution in [1.29, 1.82) is 0 Å². The van der Waals surface area contributed by atoms with Gasteiger partial charge in [-0.1, -0.05) is 60.7 Å². The van der Waals surface area contributed by atoms with Crippen molar-refractivity contribution in [3.8, 4) is 0 Å². The average molecular weight is 480 g/mol. The molecule has 7 nitrogen and oxygen atoms in total. The number of carbonyl (C=O) groups excluding carboxylic acids is 1. The molecule has 1 aliphatic rings. The fraction of sp³-hybridized carbons (Fsp3) is 0.308. The van der Waals surface area contributed by atoms with E-state index in [1.54, 1.807) is 23.2 Å². The summed E-state index contributed by atoms with van der Waals surface area (Å²) in [6.45, 7) is 3.01. The second kappa shape index (κ2) is 10.5. The maximum Gasteiger partial charge on any atom is 0.256 e. The van der Waals surface area contributed by atoms with Crippen molar-refractivity contribution in [2.24, 2.45) is 0 Å². The van der Waals surface area contributed by atoms with Gasteiger partial charge in [-0.25, -0.2) is 13.1 Å². The zero-order valence-electron chi connectivity index (χ0n) is 19.4. The van der Waals surface area contributed by atoms with Gasteiger partial charge in [0.15, 0.2) is 6.10 Å². The Morgan fingerprint density at radius 1 is 1.12 bits per heavy atom. The van der Waals surface area contributed by atoms with E-state index in [-0.39, 0.29) is 18.2 Å². The van der Waals surface area contributed by atoms with Crippen molar-refractivity contribution in [3.05, 3.63) is 100 Å². The number of hydrogen-bond donors (Lipinski definition) is 1. The maximum absolute atomic E-state index is 13.2. The second-order valence-corrected chi connectivity index (χ2v) is 10.2. The summed E-state index contributed by atoms with van der Waals surface area (Å²) in [5.74, 6) is -0.166. The molecule has 8 heteroatoms. The number of ether oxygens (including phenoxy) is 1. The molecule has 2 heterocycles. The quantitative estimate of drug-likeness (QED) is 0.536. The molecule has 2 aromatic carbocycles. The van der Waals surface area contributed by atoms with Gasteiger partial charge in [0.2, 0.25) is 10.0 Å². The Kier molecular flexibility index (Phi) is 7.41. The third kappa shape index (κ3) is 5.52. The van der Waals surface area contributed by atoms with Crippen molar-refractivity contribution in [2.75, 3.05) is 13.7 Å². The number of benzene rings is 2. The van der Waals surface area contributed by atoms with E-state index in [1.165, 1.54) is 7.11 Å². The third-order valence-electron chi connectivity index (χ3n) is 6.14. The molecule has 178 valence electrons. The van der Waals surface area contributed by atoms with Gasteiger partial charge in [0.05, 0.1) is 5.75 Å². The highest BCUT2D eigenvalue weighted by molar-refractivity contribution is 7.88. The number of fused-ring (bicyclic) bond motifs is 1. The fourth-order valence-corrected chi connectivity index (χ4v) is 5.44. The predicted molar refractivity (Wildman–Crippen MR) is 130 cm³/mol. The van der Waals surface area contributed by atoms with Gasteiger partial charge in [0.1, 0.15) is 0 Å². The number of rotatable bonds is 8. The first kappa shape index (κ1) is 24.1. The van der Waals surface area contributed by atoms with Gasteiger partial charge in [-0.3, -0.25) is 9.78 Å². The zero-order chi connectivity index (χ0) is 24.1.